The molecule has 0 saturated heterocycles. The van der Waals surface area contributed by atoms with Crippen molar-refractivity contribution in [2.75, 3.05) is 6.54 Å². The Balaban J connectivity index is 2.83. The lowest BCUT2D eigenvalue weighted by molar-refractivity contribution is 0.557. The van der Waals surface area contributed by atoms with E-state index in [4.69, 9.17) is 0 Å². The first-order valence-corrected chi connectivity index (χ1v) is 6.60. The Morgan fingerprint density at radius 2 is 2.12 bits per heavy atom. The van der Waals surface area contributed by atoms with Crippen LogP contribution in [0.3, 0.4) is 0 Å². The predicted octanol–water partition coefficient (Wildman–Crippen LogP) is 4.11. The van der Waals surface area contributed by atoms with Crippen LogP contribution in [0.1, 0.15) is 44.4 Å². The monoisotopic (exact) mass is 231 g/mol. The minimum Gasteiger partial charge on any atom is -0.310 e. The predicted molar refractivity (Wildman–Crippen MR) is 76.2 cm³/mol. The van der Waals surface area contributed by atoms with Crippen molar-refractivity contribution in [3.05, 3.63) is 48.0 Å². The molecule has 0 radical (unpaired) electrons. The van der Waals surface area contributed by atoms with Crippen LogP contribution in [-0.4, -0.2) is 6.54 Å². The van der Waals surface area contributed by atoms with Crippen LogP contribution in [0.5, 0.6) is 0 Å². The zero-order chi connectivity index (χ0) is 12.7. The largest absolute Gasteiger partial charge is 0.310 e. The van der Waals surface area contributed by atoms with Gasteiger partial charge in [0.1, 0.15) is 0 Å². The summed E-state index contributed by atoms with van der Waals surface area (Å²) in [6.45, 7) is 11.5. The van der Waals surface area contributed by atoms with Gasteiger partial charge in [0, 0.05) is 6.04 Å². The molecule has 0 amide bonds. The molecule has 1 atom stereocenters. The van der Waals surface area contributed by atoms with Gasteiger partial charge in [-0.1, -0.05) is 51.1 Å². The van der Waals surface area contributed by atoms with Gasteiger partial charge in [-0.05, 0) is 36.4 Å². The molecule has 1 aromatic rings. The molecule has 0 aliphatic heterocycles. The SMILES string of the molecule is C=CCC(NCC)c1cccc(CC(C)C)c1. The fourth-order valence-electron chi connectivity index (χ4n) is 2.16. The summed E-state index contributed by atoms with van der Waals surface area (Å²) in [6.07, 6.45) is 4.13. The van der Waals surface area contributed by atoms with Crippen molar-refractivity contribution in [1.82, 2.24) is 5.32 Å². The van der Waals surface area contributed by atoms with E-state index in [1.165, 1.54) is 11.1 Å². The third-order valence-electron chi connectivity index (χ3n) is 2.85. The molecule has 1 unspecified atom stereocenters. The first-order valence-electron chi connectivity index (χ1n) is 6.60. The molecule has 1 N–H and O–H groups in total. The number of hydrogen-bond donors (Lipinski definition) is 1. The second kappa shape index (κ2) is 7.29. The first kappa shape index (κ1) is 14.0. The zero-order valence-corrected chi connectivity index (χ0v) is 11.4. The van der Waals surface area contributed by atoms with Gasteiger partial charge in [-0.15, -0.1) is 6.58 Å². The molecule has 1 rings (SSSR count). The average Bonchev–Trinajstić information content (AvgIpc) is 2.28. The fourth-order valence-corrected chi connectivity index (χ4v) is 2.16. The highest BCUT2D eigenvalue weighted by Gasteiger charge is 2.09. The minimum absolute atomic E-state index is 0.407. The highest BCUT2D eigenvalue weighted by atomic mass is 14.9. The zero-order valence-electron chi connectivity index (χ0n) is 11.4. The standard InChI is InChI=1S/C16H25N/c1-5-8-16(17-6-2)15-10-7-9-14(12-15)11-13(3)4/h5,7,9-10,12-13,16-17H,1,6,8,11H2,2-4H3. The highest BCUT2D eigenvalue weighted by Crippen LogP contribution is 2.19. The molecule has 94 valence electrons. The molecular weight excluding hydrogens is 206 g/mol. The lowest BCUT2D eigenvalue weighted by atomic mass is 9.97. The molecule has 0 aromatic heterocycles. The average molecular weight is 231 g/mol. The lowest BCUT2D eigenvalue weighted by Gasteiger charge is -2.17. The Morgan fingerprint density at radius 3 is 2.71 bits per heavy atom. The van der Waals surface area contributed by atoms with Crippen molar-refractivity contribution >= 4 is 0 Å². The van der Waals surface area contributed by atoms with Crippen molar-refractivity contribution in [3.63, 3.8) is 0 Å². The van der Waals surface area contributed by atoms with Gasteiger partial charge in [-0.25, -0.2) is 0 Å². The summed E-state index contributed by atoms with van der Waals surface area (Å²) in [5.41, 5.74) is 2.81. The van der Waals surface area contributed by atoms with Gasteiger partial charge in [0.15, 0.2) is 0 Å². The van der Waals surface area contributed by atoms with E-state index >= 15 is 0 Å². The maximum absolute atomic E-state index is 3.84. The lowest BCUT2D eigenvalue weighted by Crippen LogP contribution is -2.20. The molecule has 1 heteroatoms. The summed E-state index contributed by atoms with van der Waals surface area (Å²) >= 11 is 0. The van der Waals surface area contributed by atoms with Gasteiger partial charge in [-0.3, -0.25) is 0 Å². The number of hydrogen-bond acceptors (Lipinski definition) is 1. The third kappa shape index (κ3) is 4.74. The smallest absolute Gasteiger partial charge is 0.0354 e. The van der Waals surface area contributed by atoms with Crippen LogP contribution in [-0.2, 0) is 6.42 Å². The summed E-state index contributed by atoms with van der Waals surface area (Å²) < 4.78 is 0. The second-order valence-corrected chi connectivity index (χ2v) is 4.98. The number of nitrogens with one attached hydrogen (secondary N) is 1. The molecule has 0 spiro atoms. The third-order valence-corrected chi connectivity index (χ3v) is 2.85. The molecule has 0 aliphatic rings. The van der Waals surface area contributed by atoms with E-state index < -0.39 is 0 Å². The van der Waals surface area contributed by atoms with E-state index in [9.17, 15) is 0 Å². The van der Waals surface area contributed by atoms with E-state index in [0.717, 1.165) is 19.4 Å². The molecule has 0 saturated carbocycles. The molecule has 0 aliphatic carbocycles. The Labute approximate surface area is 106 Å². The molecule has 0 fully saturated rings. The fraction of sp³-hybridized carbons (Fsp3) is 0.500. The van der Waals surface area contributed by atoms with E-state index in [2.05, 4.69) is 56.9 Å². The molecule has 0 bridgehead atoms. The van der Waals surface area contributed by atoms with Gasteiger partial charge < -0.3 is 5.32 Å². The maximum Gasteiger partial charge on any atom is 0.0354 e. The van der Waals surface area contributed by atoms with Crippen LogP contribution in [0.4, 0.5) is 0 Å². The summed E-state index contributed by atoms with van der Waals surface area (Å²) in [6, 6.07) is 9.34. The molecule has 1 nitrogen and oxygen atoms in total. The Kier molecular flexibility index (Phi) is 5.99. The van der Waals surface area contributed by atoms with Crippen molar-refractivity contribution in [3.8, 4) is 0 Å². The summed E-state index contributed by atoms with van der Waals surface area (Å²) in [5, 5.41) is 3.51. The van der Waals surface area contributed by atoms with E-state index in [-0.39, 0.29) is 0 Å². The van der Waals surface area contributed by atoms with Crippen LogP contribution in [0.25, 0.3) is 0 Å². The second-order valence-electron chi connectivity index (χ2n) is 4.98. The quantitative estimate of drug-likeness (QED) is 0.696. The summed E-state index contributed by atoms with van der Waals surface area (Å²) in [4.78, 5) is 0. The van der Waals surface area contributed by atoms with E-state index in [1.54, 1.807) is 0 Å². The number of rotatable bonds is 7. The van der Waals surface area contributed by atoms with Crippen LogP contribution in [0, 0.1) is 5.92 Å². The normalized spacial score (nSPS) is 12.7. The highest BCUT2D eigenvalue weighted by molar-refractivity contribution is 5.26. The Bertz CT molecular complexity index is 341. The summed E-state index contributed by atoms with van der Waals surface area (Å²) in [5.74, 6) is 0.710. The van der Waals surface area contributed by atoms with Crippen LogP contribution >= 0.6 is 0 Å². The van der Waals surface area contributed by atoms with Gasteiger partial charge in [-0.2, -0.15) is 0 Å². The van der Waals surface area contributed by atoms with Crippen LogP contribution in [0.15, 0.2) is 36.9 Å². The summed E-state index contributed by atoms with van der Waals surface area (Å²) in [7, 11) is 0. The Morgan fingerprint density at radius 1 is 1.35 bits per heavy atom. The van der Waals surface area contributed by atoms with Gasteiger partial charge in [0.05, 0.1) is 0 Å². The first-order chi connectivity index (χ1) is 8.17. The number of benzene rings is 1. The van der Waals surface area contributed by atoms with Gasteiger partial charge in [0.2, 0.25) is 0 Å². The van der Waals surface area contributed by atoms with E-state index in [1.807, 2.05) is 6.08 Å². The molecule has 0 heterocycles. The van der Waals surface area contributed by atoms with Gasteiger partial charge in [0.25, 0.3) is 0 Å². The topological polar surface area (TPSA) is 12.0 Å². The van der Waals surface area contributed by atoms with E-state index in [0.29, 0.717) is 12.0 Å². The molecule has 1 aromatic carbocycles. The Hall–Kier alpha value is -1.08. The maximum atomic E-state index is 3.84. The van der Waals surface area contributed by atoms with Crippen LogP contribution < -0.4 is 5.32 Å². The molecular formula is C16H25N. The van der Waals surface area contributed by atoms with Crippen LogP contribution in [0.2, 0.25) is 0 Å². The molecule has 17 heavy (non-hydrogen) atoms. The van der Waals surface area contributed by atoms with Crippen molar-refractivity contribution in [2.24, 2.45) is 5.92 Å². The van der Waals surface area contributed by atoms with Gasteiger partial charge >= 0.3 is 0 Å². The van der Waals surface area contributed by atoms with Crippen molar-refractivity contribution < 1.29 is 0 Å². The minimum atomic E-state index is 0.407. The van der Waals surface area contributed by atoms with Crippen molar-refractivity contribution in [1.29, 1.82) is 0 Å². The van der Waals surface area contributed by atoms with Crippen molar-refractivity contribution in [2.45, 2.75) is 39.7 Å².